The Morgan fingerprint density at radius 3 is 2.90 bits per heavy atom. The quantitative estimate of drug-likeness (QED) is 0.867. The maximum atomic E-state index is 13.1. The second-order valence-corrected chi connectivity index (χ2v) is 5.54. The first-order valence-electron chi connectivity index (χ1n) is 6.28. The van der Waals surface area contributed by atoms with E-state index in [-0.39, 0.29) is 11.7 Å². The summed E-state index contributed by atoms with van der Waals surface area (Å²) in [5.41, 5.74) is 1.40. The van der Waals surface area contributed by atoms with Crippen LogP contribution < -0.4 is 5.32 Å². The molecule has 0 saturated carbocycles. The van der Waals surface area contributed by atoms with Gasteiger partial charge >= 0.3 is 0 Å². The molecule has 0 bridgehead atoms. The number of nitrogens with one attached hydrogen (secondary N) is 1. The number of hydrogen-bond acceptors (Lipinski definition) is 3. The van der Waals surface area contributed by atoms with Crippen LogP contribution in [-0.4, -0.2) is 15.6 Å². The Morgan fingerprint density at radius 2 is 2.19 bits per heavy atom. The van der Waals surface area contributed by atoms with E-state index in [1.165, 1.54) is 23.9 Å². The summed E-state index contributed by atoms with van der Waals surface area (Å²) < 4.78 is 15.0. The Balaban J connectivity index is 1.85. The topological polar surface area (TPSA) is 46.4 Å². The summed E-state index contributed by atoms with van der Waals surface area (Å²) in [7, 11) is 1.91. The number of aromatic nitrogens is 1. The molecule has 1 aromatic carbocycles. The third-order valence-electron chi connectivity index (χ3n) is 2.95. The second kappa shape index (κ2) is 5.57. The zero-order valence-corrected chi connectivity index (χ0v) is 12.0. The van der Waals surface area contributed by atoms with Gasteiger partial charge in [0, 0.05) is 18.9 Å². The average Bonchev–Trinajstić information content (AvgIpc) is 2.98. The lowest BCUT2D eigenvalue weighted by Gasteiger charge is -1.97. The normalized spacial score (nSPS) is 18.5. The van der Waals surface area contributed by atoms with E-state index >= 15 is 0 Å². The number of rotatable bonds is 2. The summed E-state index contributed by atoms with van der Waals surface area (Å²) in [5.74, 6) is -0.554. The lowest BCUT2D eigenvalue weighted by atomic mass is 10.3. The third kappa shape index (κ3) is 3.05. The Kier molecular flexibility index (Phi) is 3.62. The molecule has 0 radical (unpaired) electrons. The van der Waals surface area contributed by atoms with Crippen LogP contribution in [0.1, 0.15) is 5.69 Å². The summed E-state index contributed by atoms with van der Waals surface area (Å²) in [6.45, 7) is 0. The van der Waals surface area contributed by atoms with E-state index in [1.54, 1.807) is 18.2 Å². The molecule has 1 aromatic heterocycles. The van der Waals surface area contributed by atoms with Crippen molar-refractivity contribution < 1.29 is 9.18 Å². The maximum Gasteiger partial charge on any atom is 0.264 e. The highest BCUT2D eigenvalue weighted by molar-refractivity contribution is 8.18. The summed E-state index contributed by atoms with van der Waals surface area (Å²) in [6.07, 6.45) is 3.71. The smallest absolute Gasteiger partial charge is 0.264 e. The van der Waals surface area contributed by atoms with Gasteiger partial charge in [0.05, 0.1) is 10.6 Å². The standard InChI is InChI=1S/C15H12FN3OS/c1-19-7-3-6-12(19)9-13-14(20)18-15(21-13)17-11-5-2-4-10(16)8-11/h2-9H,1H3,(H,17,18,20)/b13-9+. The molecule has 106 valence electrons. The number of hydrogen-bond donors (Lipinski definition) is 1. The molecule has 2 heterocycles. The van der Waals surface area contributed by atoms with E-state index in [0.29, 0.717) is 15.8 Å². The lowest BCUT2D eigenvalue weighted by Crippen LogP contribution is -2.19. The first-order chi connectivity index (χ1) is 10.1. The number of carbonyl (C=O) groups excluding carboxylic acids is 1. The molecule has 0 atom stereocenters. The van der Waals surface area contributed by atoms with Gasteiger partial charge in [0.1, 0.15) is 5.82 Å². The summed E-state index contributed by atoms with van der Waals surface area (Å²) in [4.78, 5) is 16.7. The Labute approximate surface area is 125 Å². The van der Waals surface area contributed by atoms with Crippen LogP contribution in [0.4, 0.5) is 10.1 Å². The number of amides is 1. The minimum Gasteiger partial charge on any atom is -0.351 e. The molecule has 1 fully saturated rings. The molecule has 1 aliphatic heterocycles. The number of halogens is 1. The zero-order valence-electron chi connectivity index (χ0n) is 11.2. The highest BCUT2D eigenvalue weighted by Crippen LogP contribution is 2.28. The fraction of sp³-hybridized carbons (Fsp3) is 0.0667. The summed E-state index contributed by atoms with van der Waals surface area (Å²) in [6, 6.07) is 9.76. The van der Waals surface area contributed by atoms with Gasteiger partial charge in [-0.25, -0.2) is 9.38 Å². The highest BCUT2D eigenvalue weighted by Gasteiger charge is 2.24. The minimum absolute atomic E-state index is 0.198. The van der Waals surface area contributed by atoms with Crippen molar-refractivity contribution in [3.05, 3.63) is 59.0 Å². The van der Waals surface area contributed by atoms with E-state index in [2.05, 4.69) is 10.3 Å². The number of aryl methyl sites for hydroxylation is 1. The van der Waals surface area contributed by atoms with Gasteiger partial charge in [0.15, 0.2) is 5.17 Å². The number of carbonyl (C=O) groups is 1. The first kappa shape index (κ1) is 13.6. The number of nitrogens with zero attached hydrogens (tertiary/aromatic N) is 2. The molecule has 1 saturated heterocycles. The molecule has 0 spiro atoms. The molecular formula is C15H12FN3OS. The average molecular weight is 301 g/mol. The van der Waals surface area contributed by atoms with Crippen LogP contribution in [0.3, 0.4) is 0 Å². The van der Waals surface area contributed by atoms with Crippen molar-refractivity contribution in [3.8, 4) is 0 Å². The molecular weight excluding hydrogens is 289 g/mol. The predicted octanol–water partition coefficient (Wildman–Crippen LogP) is 3.06. The van der Waals surface area contributed by atoms with Gasteiger partial charge in [-0.1, -0.05) is 6.07 Å². The van der Waals surface area contributed by atoms with E-state index in [1.807, 2.05) is 29.9 Å². The van der Waals surface area contributed by atoms with E-state index < -0.39 is 0 Å². The highest BCUT2D eigenvalue weighted by atomic mass is 32.2. The van der Waals surface area contributed by atoms with Gasteiger partial charge in [-0.15, -0.1) is 0 Å². The Morgan fingerprint density at radius 1 is 1.33 bits per heavy atom. The van der Waals surface area contributed by atoms with Crippen molar-refractivity contribution >= 4 is 34.6 Å². The van der Waals surface area contributed by atoms with Crippen molar-refractivity contribution in [2.75, 3.05) is 0 Å². The van der Waals surface area contributed by atoms with E-state index in [9.17, 15) is 9.18 Å². The van der Waals surface area contributed by atoms with E-state index in [4.69, 9.17) is 0 Å². The minimum atomic E-state index is -0.356. The fourth-order valence-electron chi connectivity index (χ4n) is 1.90. The first-order valence-corrected chi connectivity index (χ1v) is 7.10. The van der Waals surface area contributed by atoms with Crippen molar-refractivity contribution in [2.45, 2.75) is 0 Å². The molecule has 0 unspecified atom stereocenters. The number of benzene rings is 1. The summed E-state index contributed by atoms with van der Waals surface area (Å²) >= 11 is 1.24. The van der Waals surface area contributed by atoms with Crippen molar-refractivity contribution in [1.29, 1.82) is 0 Å². The van der Waals surface area contributed by atoms with Crippen LogP contribution >= 0.6 is 11.8 Å². The van der Waals surface area contributed by atoms with Crippen molar-refractivity contribution in [2.24, 2.45) is 12.0 Å². The third-order valence-corrected chi connectivity index (χ3v) is 3.86. The van der Waals surface area contributed by atoms with Gasteiger partial charge in [0.2, 0.25) is 0 Å². The molecule has 1 N–H and O–H groups in total. The Bertz CT molecular complexity index is 764. The van der Waals surface area contributed by atoms with Gasteiger partial charge in [-0.2, -0.15) is 0 Å². The van der Waals surface area contributed by atoms with E-state index in [0.717, 1.165) is 5.69 Å². The van der Waals surface area contributed by atoms with Crippen LogP contribution in [0, 0.1) is 5.82 Å². The van der Waals surface area contributed by atoms with Crippen molar-refractivity contribution in [1.82, 2.24) is 9.88 Å². The van der Waals surface area contributed by atoms with Crippen LogP contribution in [0.25, 0.3) is 6.08 Å². The molecule has 4 nitrogen and oxygen atoms in total. The van der Waals surface area contributed by atoms with Gasteiger partial charge in [-0.05, 0) is 48.2 Å². The monoisotopic (exact) mass is 301 g/mol. The molecule has 1 amide bonds. The van der Waals surface area contributed by atoms with Gasteiger partial charge < -0.3 is 9.88 Å². The molecule has 0 aliphatic carbocycles. The zero-order chi connectivity index (χ0) is 14.8. The van der Waals surface area contributed by atoms with Crippen LogP contribution in [0.15, 0.2) is 52.5 Å². The molecule has 3 rings (SSSR count). The van der Waals surface area contributed by atoms with Crippen LogP contribution in [0.2, 0.25) is 0 Å². The van der Waals surface area contributed by atoms with Gasteiger partial charge in [0.25, 0.3) is 5.91 Å². The largest absolute Gasteiger partial charge is 0.351 e. The van der Waals surface area contributed by atoms with Crippen LogP contribution in [0.5, 0.6) is 0 Å². The molecule has 1 aliphatic rings. The van der Waals surface area contributed by atoms with Crippen LogP contribution in [-0.2, 0) is 11.8 Å². The molecule has 21 heavy (non-hydrogen) atoms. The van der Waals surface area contributed by atoms with Crippen molar-refractivity contribution in [3.63, 3.8) is 0 Å². The second-order valence-electron chi connectivity index (χ2n) is 4.51. The maximum absolute atomic E-state index is 13.1. The predicted molar refractivity (Wildman–Crippen MR) is 82.6 cm³/mol. The SMILES string of the molecule is Cn1cccc1/C=C1/SC(=Nc2cccc(F)c2)NC1=O. The fourth-order valence-corrected chi connectivity index (χ4v) is 2.73. The number of aliphatic imine (C=N–C) groups is 1. The molecule has 6 heteroatoms. The van der Waals surface area contributed by atoms with Gasteiger partial charge in [-0.3, -0.25) is 4.79 Å². The molecule has 2 aromatic rings. The number of amidine groups is 1. The Hall–Kier alpha value is -2.34. The number of thioether (sulfide) groups is 1. The lowest BCUT2D eigenvalue weighted by molar-refractivity contribution is -0.115. The summed E-state index contributed by atoms with van der Waals surface area (Å²) in [5, 5.41) is 3.13.